The highest BCUT2D eigenvalue weighted by Crippen LogP contribution is 2.42. The lowest BCUT2D eigenvalue weighted by molar-refractivity contribution is 0.487. The van der Waals surface area contributed by atoms with E-state index in [9.17, 15) is 0 Å². The fourth-order valence-electron chi connectivity index (χ4n) is 7.79. The number of hydrogen-bond donors (Lipinski definition) is 0. The van der Waals surface area contributed by atoms with Crippen LogP contribution in [0.1, 0.15) is 52.7 Å². The molecule has 0 N–H and O–H groups in total. The van der Waals surface area contributed by atoms with Crippen LogP contribution in [-0.4, -0.2) is 11.3 Å². The van der Waals surface area contributed by atoms with E-state index >= 15 is 0 Å². The molecule has 0 bridgehead atoms. The molecule has 0 unspecified atom stereocenters. The van der Waals surface area contributed by atoms with Crippen LogP contribution in [0.25, 0.3) is 49.7 Å². The number of rotatable bonds is 2. The summed E-state index contributed by atoms with van der Waals surface area (Å²) in [6, 6.07) is 44.9. The second-order valence-electron chi connectivity index (χ2n) is 15.5. The highest BCUT2D eigenvalue weighted by Gasteiger charge is 2.41. The minimum absolute atomic E-state index is 0.0130. The van der Waals surface area contributed by atoms with Gasteiger partial charge < -0.3 is 9.30 Å². The van der Waals surface area contributed by atoms with Crippen molar-refractivity contribution in [1.82, 2.24) is 4.57 Å². The zero-order chi connectivity index (χ0) is 32.2. The smallest absolute Gasteiger partial charge is 0.256 e. The lowest BCUT2D eigenvalue weighted by atomic mass is 9.34. The highest BCUT2D eigenvalue weighted by atomic mass is 16.5. The molecule has 228 valence electrons. The van der Waals surface area contributed by atoms with Crippen molar-refractivity contribution >= 4 is 44.9 Å². The fourth-order valence-corrected chi connectivity index (χ4v) is 7.79. The molecule has 0 amide bonds. The average Bonchev–Trinajstić information content (AvgIpc) is 3.40. The molecule has 0 aliphatic carbocycles. The van der Waals surface area contributed by atoms with Gasteiger partial charge in [0.25, 0.3) is 6.71 Å². The Hall–Kier alpha value is -5.02. The van der Waals surface area contributed by atoms with Gasteiger partial charge in [-0.25, -0.2) is 0 Å². The number of benzene rings is 6. The van der Waals surface area contributed by atoms with Crippen molar-refractivity contribution in [3.8, 4) is 39.4 Å². The molecule has 0 fully saturated rings. The molecule has 0 atom stereocenters. The molecule has 0 spiro atoms. The molecule has 2 nitrogen and oxygen atoms in total. The van der Waals surface area contributed by atoms with Gasteiger partial charge in [0.05, 0.1) is 5.52 Å². The van der Waals surface area contributed by atoms with E-state index in [2.05, 4.69) is 167 Å². The molecular formula is C44H38BNO. The predicted octanol–water partition coefficient (Wildman–Crippen LogP) is 9.65. The summed E-state index contributed by atoms with van der Waals surface area (Å²) in [6.07, 6.45) is 0. The summed E-state index contributed by atoms with van der Waals surface area (Å²) in [5.74, 6) is 1.88. The van der Waals surface area contributed by atoms with E-state index in [1.165, 1.54) is 77.3 Å². The average molecular weight is 608 g/mol. The molecule has 3 heterocycles. The zero-order valence-electron chi connectivity index (χ0n) is 28.0. The van der Waals surface area contributed by atoms with Gasteiger partial charge in [-0.2, -0.15) is 0 Å². The Morgan fingerprint density at radius 3 is 1.85 bits per heavy atom. The Labute approximate surface area is 277 Å². The van der Waals surface area contributed by atoms with E-state index in [-0.39, 0.29) is 17.5 Å². The summed E-state index contributed by atoms with van der Waals surface area (Å²) in [6.45, 7) is 14.0. The van der Waals surface area contributed by atoms with Crippen LogP contribution >= 0.6 is 0 Å². The third-order valence-electron chi connectivity index (χ3n) is 10.3. The van der Waals surface area contributed by atoms with Gasteiger partial charge in [-0.1, -0.05) is 126 Å². The highest BCUT2D eigenvalue weighted by molar-refractivity contribution is 6.99. The lowest BCUT2D eigenvalue weighted by Crippen LogP contribution is -2.58. The van der Waals surface area contributed by atoms with Crippen molar-refractivity contribution in [2.45, 2.75) is 52.4 Å². The minimum Gasteiger partial charge on any atom is -0.458 e. The first kappa shape index (κ1) is 28.2. The quantitative estimate of drug-likeness (QED) is 0.179. The van der Waals surface area contributed by atoms with Crippen LogP contribution in [0.5, 0.6) is 11.5 Å². The van der Waals surface area contributed by atoms with Crippen molar-refractivity contribution in [2.75, 3.05) is 0 Å². The molecule has 0 saturated carbocycles. The van der Waals surface area contributed by atoms with E-state index in [0.717, 1.165) is 11.5 Å². The lowest BCUT2D eigenvalue weighted by Gasteiger charge is -2.35. The van der Waals surface area contributed by atoms with Gasteiger partial charge in [0.1, 0.15) is 11.5 Å². The molecule has 3 heteroatoms. The van der Waals surface area contributed by atoms with Gasteiger partial charge in [-0.3, -0.25) is 0 Å². The van der Waals surface area contributed by atoms with Crippen LogP contribution in [0.4, 0.5) is 0 Å². The normalized spacial score (nSPS) is 13.4. The van der Waals surface area contributed by atoms with Gasteiger partial charge in [0.15, 0.2) is 0 Å². The maximum Gasteiger partial charge on any atom is 0.256 e. The number of fused-ring (bicyclic) bond motifs is 7. The van der Waals surface area contributed by atoms with Gasteiger partial charge in [-0.05, 0) is 97.0 Å². The molecule has 2 aliphatic heterocycles. The monoisotopic (exact) mass is 607 g/mol. The molecule has 47 heavy (non-hydrogen) atoms. The second kappa shape index (κ2) is 9.75. The molecule has 6 aromatic carbocycles. The van der Waals surface area contributed by atoms with Crippen molar-refractivity contribution in [1.29, 1.82) is 0 Å². The minimum atomic E-state index is -0.0130. The molecule has 0 saturated heterocycles. The summed E-state index contributed by atoms with van der Waals surface area (Å²) in [5, 5.41) is 2.65. The second-order valence-corrected chi connectivity index (χ2v) is 15.5. The number of nitrogens with zero attached hydrogens (tertiary/aromatic N) is 1. The maximum absolute atomic E-state index is 6.92. The Morgan fingerprint density at radius 2 is 1.17 bits per heavy atom. The Bertz CT molecular complexity index is 2390. The van der Waals surface area contributed by atoms with E-state index in [4.69, 9.17) is 4.74 Å². The first-order chi connectivity index (χ1) is 22.6. The van der Waals surface area contributed by atoms with Gasteiger partial charge >= 0.3 is 0 Å². The number of hydrogen-bond acceptors (Lipinski definition) is 1. The van der Waals surface area contributed by atoms with Crippen LogP contribution in [0.3, 0.4) is 0 Å². The standard InChI is InChI=1S/C44H38BNO/c1-43(2,3)31-18-19-37-33(24-31)34-25-32(44(4,5)6)26-36-42(34)46(37)38-22-30(28-15-11-8-12-16-28)23-40-41(38)45(36)35-21-29(17-20-39(35)47-40)27-13-9-7-10-14-27/h7-26H,1-6H3. The molecule has 1 aromatic heterocycles. The number of ether oxygens (including phenoxy) is 1. The molecular weight excluding hydrogens is 569 g/mol. The van der Waals surface area contributed by atoms with Gasteiger partial charge in [-0.15, -0.1) is 0 Å². The summed E-state index contributed by atoms with van der Waals surface area (Å²) in [5.41, 5.74) is 15.1. The molecule has 7 aromatic rings. The van der Waals surface area contributed by atoms with Crippen molar-refractivity contribution in [3.05, 3.63) is 132 Å². The van der Waals surface area contributed by atoms with Crippen LogP contribution < -0.4 is 21.1 Å². The van der Waals surface area contributed by atoms with Crippen LogP contribution in [0, 0.1) is 0 Å². The third kappa shape index (κ3) is 4.26. The Balaban J connectivity index is 1.44. The van der Waals surface area contributed by atoms with Crippen LogP contribution in [0.2, 0.25) is 0 Å². The van der Waals surface area contributed by atoms with E-state index in [0.29, 0.717) is 0 Å². The summed E-state index contributed by atoms with van der Waals surface area (Å²) < 4.78 is 9.46. The molecule has 9 rings (SSSR count). The molecule has 0 radical (unpaired) electrons. The number of aromatic nitrogens is 1. The summed E-state index contributed by atoms with van der Waals surface area (Å²) in [7, 11) is 0. The van der Waals surface area contributed by atoms with Crippen LogP contribution in [0.15, 0.2) is 121 Å². The Morgan fingerprint density at radius 1 is 0.511 bits per heavy atom. The van der Waals surface area contributed by atoms with Crippen molar-refractivity contribution in [2.24, 2.45) is 0 Å². The van der Waals surface area contributed by atoms with Gasteiger partial charge in [0.2, 0.25) is 0 Å². The van der Waals surface area contributed by atoms with E-state index in [1.54, 1.807) is 0 Å². The van der Waals surface area contributed by atoms with E-state index < -0.39 is 0 Å². The van der Waals surface area contributed by atoms with Crippen molar-refractivity contribution < 1.29 is 4.74 Å². The maximum atomic E-state index is 6.92. The predicted molar refractivity (Wildman–Crippen MR) is 200 cm³/mol. The topological polar surface area (TPSA) is 14.2 Å². The first-order valence-electron chi connectivity index (χ1n) is 16.8. The fraction of sp³-hybridized carbons (Fsp3) is 0.182. The summed E-state index contributed by atoms with van der Waals surface area (Å²) >= 11 is 0. The van der Waals surface area contributed by atoms with E-state index in [1.807, 2.05) is 0 Å². The third-order valence-corrected chi connectivity index (χ3v) is 10.3. The first-order valence-corrected chi connectivity index (χ1v) is 16.8. The molecule has 2 aliphatic rings. The zero-order valence-corrected chi connectivity index (χ0v) is 28.0. The Kier molecular flexibility index (Phi) is 5.85. The van der Waals surface area contributed by atoms with Gasteiger partial charge in [0, 0.05) is 22.0 Å². The largest absolute Gasteiger partial charge is 0.458 e. The van der Waals surface area contributed by atoms with Crippen molar-refractivity contribution in [3.63, 3.8) is 0 Å². The summed E-state index contributed by atoms with van der Waals surface area (Å²) in [4.78, 5) is 0. The SMILES string of the molecule is CC(C)(C)c1ccc2c(c1)c1cc(C(C)(C)C)cc3c1n2-c1cc(-c2ccccc2)cc2c1B3c1cc(-c3ccccc3)ccc1O2. The van der Waals surface area contributed by atoms with Crippen LogP contribution in [-0.2, 0) is 10.8 Å².